The number of benzene rings is 13. The zero-order valence-corrected chi connectivity index (χ0v) is 47.6. The molecule has 87 heavy (non-hydrogen) atoms. The fourth-order valence-electron chi connectivity index (χ4n) is 12.1. The molecule has 0 aliphatic carbocycles. The summed E-state index contributed by atoms with van der Waals surface area (Å²) in [6, 6.07) is 126. The summed E-state index contributed by atoms with van der Waals surface area (Å²) in [6.45, 7) is 0. The molecule has 2 heterocycles. The first-order valence-corrected chi connectivity index (χ1v) is 29.4. The number of hydrogen-bond acceptors (Lipinski definition) is 1. The van der Waals surface area contributed by atoms with Crippen molar-refractivity contribution in [2.75, 3.05) is 0 Å². The monoisotopic (exact) mass is 1120 g/mol. The van der Waals surface area contributed by atoms with Crippen molar-refractivity contribution in [2.45, 2.75) is 0 Å². The Labute approximate surface area is 503 Å². The van der Waals surface area contributed by atoms with Gasteiger partial charge in [-0.2, -0.15) is 0 Å². The van der Waals surface area contributed by atoms with E-state index in [0.717, 1.165) is 117 Å². The van der Waals surface area contributed by atoms with Crippen LogP contribution in [0.15, 0.2) is 352 Å². The van der Waals surface area contributed by atoms with Crippen molar-refractivity contribution >= 4 is 77.2 Å². The van der Waals surface area contributed by atoms with Gasteiger partial charge in [0.25, 0.3) is 0 Å². The molecule has 0 saturated heterocycles. The van der Waals surface area contributed by atoms with Crippen LogP contribution in [-0.2, 0) is 0 Å². The van der Waals surface area contributed by atoms with Gasteiger partial charge in [-0.05, 0) is 194 Å². The Balaban J connectivity index is 1.18. The highest BCUT2D eigenvalue weighted by Gasteiger charge is 2.17. The van der Waals surface area contributed by atoms with Crippen molar-refractivity contribution < 1.29 is 0 Å². The Morgan fingerprint density at radius 2 is 0.356 bits per heavy atom. The van der Waals surface area contributed by atoms with Crippen molar-refractivity contribution in [1.29, 1.82) is 0 Å². The van der Waals surface area contributed by atoms with Crippen LogP contribution < -0.4 is 0 Å². The van der Waals surface area contributed by atoms with Gasteiger partial charge in [-0.25, -0.2) is 4.98 Å². The van der Waals surface area contributed by atoms with E-state index in [0.29, 0.717) is 0 Å². The average molecular weight is 1120 g/mol. The van der Waals surface area contributed by atoms with E-state index in [1.54, 1.807) is 0 Å². The molecular weight excluding hydrogens is 1060 g/mol. The summed E-state index contributed by atoms with van der Waals surface area (Å²) in [5.74, 6) is 0.743. The molecule has 12 bridgehead atoms. The normalized spacial score (nSPS) is 11.2. The van der Waals surface area contributed by atoms with Gasteiger partial charge >= 0.3 is 0 Å². The Hall–Kier alpha value is -11.9. The predicted octanol–water partition coefficient (Wildman–Crippen LogP) is 19.7. The highest BCUT2D eigenvalue weighted by Crippen LogP contribution is 2.31. The minimum absolute atomic E-state index is 0.743. The largest absolute Gasteiger partial charge is 0.310 e. The van der Waals surface area contributed by atoms with Crippen LogP contribution in [-0.4, -0.2) is 37.0 Å². The topological polar surface area (TPSA) is 47.4 Å². The molecule has 0 fully saturated rings. The van der Waals surface area contributed by atoms with Crippen molar-refractivity contribution in [2.24, 2.45) is 0 Å². The Morgan fingerprint density at radius 3 is 0.598 bits per heavy atom. The molecule has 0 aliphatic heterocycles. The van der Waals surface area contributed by atoms with Crippen molar-refractivity contribution in [1.82, 2.24) is 37.0 Å². The van der Waals surface area contributed by atoms with E-state index in [4.69, 9.17) is 4.98 Å². The Morgan fingerprint density at radius 1 is 0.161 bits per heavy atom. The van der Waals surface area contributed by atoms with Gasteiger partial charge in [-0.3, -0.25) is 9.13 Å². The van der Waals surface area contributed by atoms with Crippen LogP contribution in [0.5, 0.6) is 0 Å². The molecule has 0 saturated carbocycles. The van der Waals surface area contributed by atoms with Gasteiger partial charge in [0.15, 0.2) is 0 Å². The molecule has 15 aromatic rings. The molecule has 414 valence electrons. The number of para-hydroxylation sites is 8. The minimum Gasteiger partial charge on any atom is -0.310 e. The predicted molar refractivity (Wildman–Crippen MR) is 361 cm³/mol. The van der Waals surface area contributed by atoms with E-state index < -0.39 is 0 Å². The lowest BCUT2D eigenvalue weighted by Gasteiger charge is -2.17. The first-order valence-electron chi connectivity index (χ1n) is 29.4. The van der Waals surface area contributed by atoms with E-state index >= 15 is 0 Å². The molecule has 0 unspecified atom stereocenters. The van der Waals surface area contributed by atoms with Gasteiger partial charge in [0.2, 0.25) is 5.95 Å². The van der Waals surface area contributed by atoms with Crippen LogP contribution in [0.4, 0.5) is 0 Å². The lowest BCUT2D eigenvalue weighted by atomic mass is 10.2. The fraction of sp³-hybridized carbons (Fsp3) is 0. The summed E-state index contributed by atoms with van der Waals surface area (Å²) in [5, 5.41) is 0. The van der Waals surface area contributed by atoms with Crippen LogP contribution in [0.25, 0.3) is 117 Å². The van der Waals surface area contributed by atoms with Crippen molar-refractivity contribution in [3.8, 4) is 40.1 Å². The SMILES string of the molecule is c1ccc(-n2c(-n3c4cccc(c4)n(-c4ccccc4)c4cccc(c4)n(-c4ccccc4)c4cccc(c4)n(-c4ccccc4)c4cccc(c4)n(-c4ccccc4)c4cccc(c4)n(-c4ccccc4)c4cccc3c4)nc3ccccc32)cc1. The first kappa shape index (κ1) is 52.0. The molecule has 0 atom stereocenters. The first-order chi connectivity index (χ1) is 43.2. The molecule has 8 heteroatoms. The third-order valence-corrected chi connectivity index (χ3v) is 15.9. The lowest BCUT2D eigenvalue weighted by Crippen LogP contribution is -2.07. The minimum atomic E-state index is 0.743. The van der Waals surface area contributed by atoms with Crippen LogP contribution in [0, 0.1) is 0 Å². The molecule has 0 N–H and O–H groups in total. The maximum atomic E-state index is 5.58. The molecule has 0 radical (unpaired) electrons. The Bertz CT molecular complexity index is 5060. The van der Waals surface area contributed by atoms with E-state index in [-0.39, 0.29) is 0 Å². The number of rotatable bonds is 7. The highest BCUT2D eigenvalue weighted by molar-refractivity contribution is 5.84. The van der Waals surface area contributed by atoms with Crippen LogP contribution in [0.3, 0.4) is 0 Å². The average Bonchev–Trinajstić information content (AvgIpc) is 2.23. The standard InChI is InChI=1S/C79H58N8/c1-7-27-59(28-8-1)81-65-39-21-41-67(53-65)82(60-29-9-2-10-30-60)69-43-23-45-71(55-69)84(62-33-13-4-14-34-62)73-47-25-49-75(57-73)86(79-80-77-51-19-20-52-78(77)87(79)64-37-17-6-18-38-64)76-50-26-48-74(58-76)85(63-35-15-5-16-36-63)72-46-24-44-70(56-72)83(61-31-11-3-12-32-61)68-42-22-40-66(81)54-68/h1-58H. The molecule has 0 amide bonds. The van der Waals surface area contributed by atoms with E-state index in [2.05, 4.69) is 384 Å². The summed E-state index contributed by atoms with van der Waals surface area (Å²) in [6.07, 6.45) is 0. The fourth-order valence-corrected chi connectivity index (χ4v) is 12.1. The number of nitrogens with zero attached hydrogens (tertiary/aromatic N) is 8. The second-order valence-corrected chi connectivity index (χ2v) is 21.4. The van der Waals surface area contributed by atoms with Crippen molar-refractivity contribution in [3.63, 3.8) is 0 Å². The van der Waals surface area contributed by atoms with Crippen LogP contribution in [0.1, 0.15) is 0 Å². The van der Waals surface area contributed by atoms with Gasteiger partial charge in [0, 0.05) is 89.3 Å². The molecule has 8 nitrogen and oxygen atoms in total. The van der Waals surface area contributed by atoms with E-state index in [1.165, 1.54) is 0 Å². The quantitative estimate of drug-likeness (QED) is 0.157. The van der Waals surface area contributed by atoms with Gasteiger partial charge in [0.1, 0.15) is 0 Å². The van der Waals surface area contributed by atoms with Crippen LogP contribution in [0.2, 0.25) is 0 Å². The summed E-state index contributed by atoms with van der Waals surface area (Å²) in [7, 11) is 0. The second-order valence-electron chi connectivity index (χ2n) is 21.4. The summed E-state index contributed by atoms with van der Waals surface area (Å²) in [5.41, 5.74) is 19.7. The Kier molecular flexibility index (Phi) is 13.8. The maximum absolute atomic E-state index is 5.58. The molecule has 0 aliphatic rings. The number of hydrogen-bond donors (Lipinski definition) is 0. The third kappa shape index (κ3) is 10.1. The molecule has 13 aromatic carbocycles. The van der Waals surface area contributed by atoms with E-state index in [9.17, 15) is 0 Å². The number of imidazole rings is 1. The van der Waals surface area contributed by atoms with Gasteiger partial charge in [-0.15, -0.1) is 0 Å². The lowest BCUT2D eigenvalue weighted by molar-refractivity contribution is 0.948. The van der Waals surface area contributed by atoms with Gasteiger partial charge in [0.05, 0.1) is 22.1 Å². The summed E-state index contributed by atoms with van der Waals surface area (Å²) >= 11 is 0. The summed E-state index contributed by atoms with van der Waals surface area (Å²) in [4.78, 5) is 5.58. The molecule has 15 rings (SSSR count). The third-order valence-electron chi connectivity index (χ3n) is 15.9. The molecule has 0 spiro atoms. The summed E-state index contributed by atoms with van der Waals surface area (Å²) < 4.78 is 16.4. The van der Waals surface area contributed by atoms with Crippen molar-refractivity contribution in [3.05, 3.63) is 352 Å². The maximum Gasteiger partial charge on any atom is 0.220 e. The van der Waals surface area contributed by atoms with Crippen LogP contribution >= 0.6 is 0 Å². The molecular formula is C79H58N8. The zero-order valence-electron chi connectivity index (χ0n) is 47.6. The van der Waals surface area contributed by atoms with E-state index in [1.807, 2.05) is 0 Å². The zero-order chi connectivity index (χ0) is 57.9. The number of aromatic nitrogens is 8. The highest BCUT2D eigenvalue weighted by atomic mass is 15.2. The smallest absolute Gasteiger partial charge is 0.220 e. The number of fused-ring (bicyclic) bond motifs is 13. The van der Waals surface area contributed by atoms with Gasteiger partial charge < -0.3 is 22.8 Å². The van der Waals surface area contributed by atoms with Gasteiger partial charge in [-0.1, -0.05) is 158 Å². The second kappa shape index (κ2) is 23.1. The molecule has 2 aromatic heterocycles.